The Labute approximate surface area is 300 Å². The van der Waals surface area contributed by atoms with Gasteiger partial charge in [0.1, 0.15) is 10.0 Å². The van der Waals surface area contributed by atoms with E-state index in [1.807, 2.05) is 58.2 Å². The minimum atomic E-state index is -1.19. The molecule has 6 aromatic rings. The Hall–Kier alpha value is -4.90. The third-order valence-corrected chi connectivity index (χ3v) is 9.08. The van der Waals surface area contributed by atoms with Crippen molar-refractivity contribution < 1.29 is 82.7 Å². The Morgan fingerprint density at radius 1 is 0.521 bits per heavy atom. The monoisotopic (exact) mass is 812 g/mol. The number of nitrogens with zero attached hydrogens (tertiary/aromatic N) is 4. The Bertz CT molecular complexity index is 1940. The van der Waals surface area contributed by atoms with Gasteiger partial charge in [-0.1, -0.05) is 22.7 Å². The molecule has 0 radical (unpaired) electrons. The normalized spacial score (nSPS) is 10.6. The van der Waals surface area contributed by atoms with Crippen molar-refractivity contribution >= 4 is 56.2 Å². The van der Waals surface area contributed by atoms with Crippen LogP contribution in [0.1, 0.15) is 52.6 Å². The fraction of sp³-hybridized carbons (Fsp3) is 0.0625. The first kappa shape index (κ1) is 35.9. The Kier molecular flexibility index (Phi) is 11.2. The summed E-state index contributed by atoms with van der Waals surface area (Å²) in [7, 11) is 0. The molecular formula is C32H22Br2N4O8S2. The van der Waals surface area contributed by atoms with Gasteiger partial charge in [0, 0.05) is 46.5 Å². The van der Waals surface area contributed by atoms with Crippen molar-refractivity contribution in [3.05, 3.63) is 119 Å². The smallest absolute Gasteiger partial charge is 0.335 e. The number of carbonyl (C=O) groups is 4. The lowest BCUT2D eigenvalue weighted by atomic mass is 10.1. The highest BCUT2D eigenvalue weighted by atomic mass is 79.9. The topological polar surface area (TPSA) is 183 Å². The van der Waals surface area contributed by atoms with Crippen LogP contribution in [-0.4, -0.2) is 54.3 Å². The van der Waals surface area contributed by atoms with Gasteiger partial charge in [0.05, 0.1) is 22.3 Å². The van der Waals surface area contributed by atoms with Gasteiger partial charge in [0.2, 0.25) is 0 Å². The zero-order valence-corrected chi connectivity index (χ0v) is 29.1. The molecule has 2 aromatic carbocycles. The van der Waals surface area contributed by atoms with Gasteiger partial charge in [-0.2, -0.15) is 0 Å². The maximum atomic E-state index is 11.4. The van der Waals surface area contributed by atoms with Crippen molar-refractivity contribution in [2.75, 3.05) is 0 Å². The molecule has 0 saturated heterocycles. The Balaban J connectivity index is 0.00000260. The van der Waals surface area contributed by atoms with Crippen LogP contribution in [0.2, 0.25) is 0 Å². The zero-order valence-electron chi connectivity index (χ0n) is 24.3. The van der Waals surface area contributed by atoms with Gasteiger partial charge < -0.3 is 54.4 Å². The van der Waals surface area contributed by atoms with Crippen LogP contribution < -0.4 is 43.1 Å². The van der Waals surface area contributed by atoms with Crippen LogP contribution in [0.4, 0.5) is 0 Å². The van der Waals surface area contributed by atoms with E-state index in [4.69, 9.17) is 9.97 Å². The number of aromatic carboxylic acids is 4. The van der Waals surface area contributed by atoms with E-state index >= 15 is 0 Å². The molecule has 0 amide bonds. The zero-order chi connectivity index (χ0) is 32.5. The predicted molar refractivity (Wildman–Crippen MR) is 165 cm³/mol. The van der Waals surface area contributed by atoms with E-state index < -0.39 is 23.9 Å². The van der Waals surface area contributed by atoms with Crippen molar-refractivity contribution in [2.24, 2.45) is 0 Å². The van der Waals surface area contributed by atoms with Crippen LogP contribution in [0, 0.1) is 0 Å². The summed E-state index contributed by atoms with van der Waals surface area (Å²) in [6.45, 7) is 0.573. The molecule has 0 aliphatic rings. The molecule has 4 aromatic heterocycles. The van der Waals surface area contributed by atoms with Crippen LogP contribution in [-0.2, 0) is 13.1 Å². The number of thiazole rings is 2. The van der Waals surface area contributed by atoms with Gasteiger partial charge >= 0.3 is 23.9 Å². The number of aromatic nitrogens is 4. The Morgan fingerprint density at radius 2 is 0.812 bits per heavy atom. The summed E-state index contributed by atoms with van der Waals surface area (Å²) < 4.78 is 3.63. The maximum absolute atomic E-state index is 11.4. The number of rotatable bonds is 10. The fourth-order valence-electron chi connectivity index (χ4n) is 4.78. The molecule has 6 rings (SSSR count). The van der Waals surface area contributed by atoms with Crippen LogP contribution in [0.15, 0.2) is 85.5 Å². The lowest BCUT2D eigenvalue weighted by Gasteiger charge is -2.04. The lowest BCUT2D eigenvalue weighted by molar-refractivity contribution is -0.688. The van der Waals surface area contributed by atoms with Gasteiger partial charge in [-0.25, -0.2) is 38.3 Å². The van der Waals surface area contributed by atoms with E-state index in [2.05, 4.69) is 0 Å². The minimum Gasteiger partial charge on any atom is -1.00 e. The Morgan fingerprint density at radius 3 is 1.08 bits per heavy atom. The van der Waals surface area contributed by atoms with E-state index in [0.29, 0.717) is 11.1 Å². The van der Waals surface area contributed by atoms with Crippen LogP contribution >= 0.6 is 22.7 Å². The van der Waals surface area contributed by atoms with Crippen molar-refractivity contribution in [1.29, 1.82) is 0 Å². The van der Waals surface area contributed by atoms with Crippen molar-refractivity contribution in [3.63, 3.8) is 0 Å². The van der Waals surface area contributed by atoms with Crippen molar-refractivity contribution in [3.8, 4) is 21.1 Å². The fourth-order valence-corrected chi connectivity index (χ4v) is 6.83. The van der Waals surface area contributed by atoms with E-state index in [1.165, 1.54) is 46.9 Å². The minimum absolute atomic E-state index is 0. The van der Waals surface area contributed by atoms with Gasteiger partial charge in [0.25, 0.3) is 0 Å². The molecule has 0 fully saturated rings. The number of hydrogen-bond donors (Lipinski definition) is 4. The van der Waals surface area contributed by atoms with Gasteiger partial charge in [-0.05, 0) is 36.4 Å². The molecule has 0 bridgehead atoms. The van der Waals surface area contributed by atoms with E-state index in [0.717, 1.165) is 42.9 Å². The highest BCUT2D eigenvalue weighted by Gasteiger charge is 2.18. The first-order valence-electron chi connectivity index (χ1n) is 13.5. The number of benzene rings is 2. The maximum Gasteiger partial charge on any atom is 0.335 e. The standard InChI is InChI=1S/C32H20N4O8S2.2BrH/c37-29(38)21-9-17(10-22(13-21)30(39)40)15-35-5-1-19(2-6-35)25-33-27-28(45-25)34-26(46-27)20-3-7-36(8-4-20)16-18-11-23(31(41)42)14-24(12-18)32(43)44;;/h1-14H,15-16H2,(H2-2,37,38,39,40,41,42,43,44);2*1H. The van der Waals surface area contributed by atoms with E-state index in [1.54, 1.807) is 0 Å². The molecule has 244 valence electrons. The molecule has 0 unspecified atom stereocenters. The summed E-state index contributed by atoms with van der Waals surface area (Å²) in [6.07, 6.45) is 7.27. The number of carboxylic acid groups (broad SMARTS) is 4. The van der Waals surface area contributed by atoms with Gasteiger partial charge in [-0.3, -0.25) is 0 Å². The number of pyridine rings is 2. The molecule has 0 saturated carbocycles. The first-order valence-corrected chi connectivity index (χ1v) is 15.1. The lowest BCUT2D eigenvalue weighted by Crippen LogP contribution is -3.00. The second-order valence-corrected chi connectivity index (χ2v) is 12.2. The summed E-state index contributed by atoms with van der Waals surface area (Å²) in [4.78, 5) is 56.8. The van der Waals surface area contributed by atoms with Crippen molar-refractivity contribution in [1.82, 2.24) is 9.97 Å². The second-order valence-electron chi connectivity index (χ2n) is 10.2. The van der Waals surface area contributed by atoms with Crippen LogP contribution in [0.3, 0.4) is 0 Å². The molecule has 4 N–H and O–H groups in total. The van der Waals surface area contributed by atoms with Gasteiger partial charge in [0.15, 0.2) is 47.5 Å². The number of hydrogen-bond acceptors (Lipinski definition) is 8. The van der Waals surface area contributed by atoms with Gasteiger partial charge in [-0.15, -0.1) is 0 Å². The number of halogens is 2. The SMILES string of the molecule is O=C(O)c1cc(C[n+]2ccc(-c3nc4sc(-c5cc[n+](Cc6cc(C(=O)O)cc(C(=O)O)c6)cc5)nc4s3)cc2)cc(C(=O)O)c1.[Br-].[Br-]. The third kappa shape index (κ3) is 7.96. The molecular weight excluding hydrogens is 792 g/mol. The van der Waals surface area contributed by atoms with Crippen LogP contribution in [0.25, 0.3) is 30.8 Å². The quantitative estimate of drug-likeness (QED) is 0.120. The average molecular weight is 814 g/mol. The number of carboxylic acids is 4. The molecule has 16 heteroatoms. The highest BCUT2D eigenvalue weighted by molar-refractivity contribution is 7.29. The second kappa shape index (κ2) is 14.9. The summed E-state index contributed by atoms with van der Waals surface area (Å²) in [5, 5.41) is 38.9. The molecule has 0 aliphatic carbocycles. The largest absolute Gasteiger partial charge is 1.00 e. The van der Waals surface area contributed by atoms with Crippen LogP contribution in [0.5, 0.6) is 0 Å². The molecule has 4 heterocycles. The molecule has 12 nitrogen and oxygen atoms in total. The summed E-state index contributed by atoms with van der Waals surface area (Å²) in [5.74, 6) is -4.78. The predicted octanol–water partition coefficient (Wildman–Crippen LogP) is -1.44. The molecule has 48 heavy (non-hydrogen) atoms. The average Bonchev–Trinajstić information content (AvgIpc) is 3.61. The summed E-state index contributed by atoms with van der Waals surface area (Å²) in [6, 6.07) is 15.6. The highest BCUT2D eigenvalue weighted by Crippen LogP contribution is 2.36. The molecule has 0 atom stereocenters. The first-order chi connectivity index (χ1) is 22.0. The van der Waals surface area contributed by atoms with E-state index in [-0.39, 0.29) is 69.3 Å². The summed E-state index contributed by atoms with van der Waals surface area (Å²) >= 11 is 2.89. The van der Waals surface area contributed by atoms with Crippen molar-refractivity contribution in [2.45, 2.75) is 13.1 Å². The third-order valence-electron chi connectivity index (χ3n) is 6.96. The molecule has 0 spiro atoms. The molecule has 0 aliphatic heterocycles. The summed E-state index contributed by atoms with van der Waals surface area (Å²) in [5.41, 5.74) is 2.49. The number of fused-ring (bicyclic) bond motifs is 1. The van der Waals surface area contributed by atoms with E-state index in [9.17, 15) is 39.6 Å².